The molecule has 1 aliphatic carbocycles. The number of fused-ring (bicyclic) bond motifs is 1. The lowest BCUT2D eigenvalue weighted by Gasteiger charge is -2.16. The molecule has 2 aromatic carbocycles. The van der Waals surface area contributed by atoms with E-state index in [-0.39, 0.29) is 15.5 Å². The highest BCUT2D eigenvalue weighted by molar-refractivity contribution is 7.89. The summed E-state index contributed by atoms with van der Waals surface area (Å²) in [4.78, 5) is 11.7. The first kappa shape index (κ1) is 18.9. The van der Waals surface area contributed by atoms with Crippen LogP contribution in [-0.2, 0) is 27.6 Å². The Balaban J connectivity index is 1.85. The second-order valence-electron chi connectivity index (χ2n) is 6.36. The van der Waals surface area contributed by atoms with E-state index in [1.807, 2.05) is 6.07 Å². The van der Waals surface area contributed by atoms with Crippen molar-refractivity contribution in [2.24, 2.45) is 0 Å². The van der Waals surface area contributed by atoms with Gasteiger partial charge in [0.15, 0.2) is 0 Å². The van der Waals surface area contributed by atoms with Crippen molar-refractivity contribution in [3.05, 3.63) is 63.7 Å². The second kappa shape index (κ2) is 7.39. The molecule has 0 bridgehead atoms. The Morgan fingerprint density at radius 1 is 1.15 bits per heavy atom. The van der Waals surface area contributed by atoms with Crippen molar-refractivity contribution in [2.45, 2.75) is 37.1 Å². The van der Waals surface area contributed by atoms with Gasteiger partial charge in [-0.05, 0) is 61.1 Å². The van der Waals surface area contributed by atoms with Gasteiger partial charge in [-0.2, -0.15) is 0 Å². The largest absolute Gasteiger partial charge is 0.465 e. The number of methoxy groups -OCH3 is 1. The summed E-state index contributed by atoms with van der Waals surface area (Å²) in [5.41, 5.74) is 3.55. The molecule has 0 saturated carbocycles. The van der Waals surface area contributed by atoms with E-state index in [1.54, 1.807) is 6.92 Å². The van der Waals surface area contributed by atoms with Gasteiger partial charge in [0.25, 0.3) is 0 Å². The topological polar surface area (TPSA) is 72.5 Å². The molecule has 138 valence electrons. The molecule has 2 aromatic rings. The van der Waals surface area contributed by atoms with Gasteiger partial charge in [0.05, 0.1) is 22.6 Å². The van der Waals surface area contributed by atoms with E-state index >= 15 is 0 Å². The first-order chi connectivity index (χ1) is 12.3. The number of hydrogen-bond donors (Lipinski definition) is 1. The van der Waals surface area contributed by atoms with Crippen molar-refractivity contribution in [1.82, 2.24) is 4.72 Å². The average Bonchev–Trinajstić information content (AvgIpc) is 3.08. The summed E-state index contributed by atoms with van der Waals surface area (Å²) in [7, 11) is -2.60. The molecule has 26 heavy (non-hydrogen) atoms. The third kappa shape index (κ3) is 3.77. The predicted molar refractivity (Wildman–Crippen MR) is 100.0 cm³/mol. The predicted octanol–water partition coefficient (Wildman–Crippen LogP) is 3.65. The standard InChI is InChI=1S/C19H20ClNO4S/c1-12(14-7-6-13-4-3-5-15(13)10-14)21-26(23,24)16-8-9-18(20)17(11-16)19(22)25-2/h6-12,21H,3-5H2,1-2H3. The van der Waals surface area contributed by atoms with Crippen LogP contribution in [-0.4, -0.2) is 21.5 Å². The smallest absolute Gasteiger partial charge is 0.339 e. The molecule has 0 aromatic heterocycles. The number of carbonyl (C=O) groups excluding carboxylic acids is 1. The summed E-state index contributed by atoms with van der Waals surface area (Å²) in [6.07, 6.45) is 3.25. The van der Waals surface area contributed by atoms with Crippen LogP contribution in [0.25, 0.3) is 0 Å². The van der Waals surface area contributed by atoms with E-state index in [9.17, 15) is 13.2 Å². The van der Waals surface area contributed by atoms with Crippen LogP contribution in [0.3, 0.4) is 0 Å². The second-order valence-corrected chi connectivity index (χ2v) is 8.48. The molecule has 0 saturated heterocycles. The van der Waals surface area contributed by atoms with Crippen molar-refractivity contribution >= 4 is 27.6 Å². The number of esters is 1. The van der Waals surface area contributed by atoms with Gasteiger partial charge in [-0.25, -0.2) is 17.9 Å². The molecule has 0 spiro atoms. The molecule has 0 amide bonds. The molecule has 1 aliphatic rings. The Bertz CT molecular complexity index is 956. The van der Waals surface area contributed by atoms with Crippen LogP contribution in [0.5, 0.6) is 0 Å². The fraction of sp³-hybridized carbons (Fsp3) is 0.316. The van der Waals surface area contributed by atoms with Crippen LogP contribution < -0.4 is 4.72 Å². The molecule has 3 rings (SSSR count). The zero-order valence-electron chi connectivity index (χ0n) is 14.6. The van der Waals surface area contributed by atoms with Crippen LogP contribution in [0.2, 0.25) is 5.02 Å². The molecule has 7 heteroatoms. The quantitative estimate of drug-likeness (QED) is 0.787. The van der Waals surface area contributed by atoms with Crippen LogP contribution in [0, 0.1) is 0 Å². The van der Waals surface area contributed by atoms with E-state index in [0.717, 1.165) is 24.8 Å². The van der Waals surface area contributed by atoms with Crippen LogP contribution in [0.15, 0.2) is 41.3 Å². The third-order valence-electron chi connectivity index (χ3n) is 4.61. The number of halogens is 1. The van der Waals surface area contributed by atoms with Crippen molar-refractivity contribution < 1.29 is 17.9 Å². The third-order valence-corrected chi connectivity index (χ3v) is 6.48. The number of ether oxygens (including phenoxy) is 1. The molecule has 0 aliphatic heterocycles. The normalized spacial score (nSPS) is 14.7. The molecule has 5 nitrogen and oxygen atoms in total. The maximum atomic E-state index is 12.7. The minimum absolute atomic E-state index is 0.0159. The monoisotopic (exact) mass is 393 g/mol. The van der Waals surface area contributed by atoms with Gasteiger partial charge < -0.3 is 4.74 Å². The molecule has 0 heterocycles. The number of rotatable bonds is 5. The summed E-state index contributed by atoms with van der Waals surface area (Å²) < 4.78 is 32.7. The van der Waals surface area contributed by atoms with Gasteiger partial charge in [-0.1, -0.05) is 29.8 Å². The average molecular weight is 394 g/mol. The highest BCUT2D eigenvalue weighted by Gasteiger charge is 2.22. The van der Waals surface area contributed by atoms with Crippen molar-refractivity contribution in [3.63, 3.8) is 0 Å². The maximum Gasteiger partial charge on any atom is 0.339 e. The van der Waals surface area contributed by atoms with Crippen LogP contribution in [0.1, 0.15) is 46.4 Å². The Kier molecular flexibility index (Phi) is 5.37. The van der Waals surface area contributed by atoms with Gasteiger partial charge >= 0.3 is 5.97 Å². The number of aryl methyl sites for hydroxylation is 2. The van der Waals surface area contributed by atoms with Gasteiger partial charge in [0.1, 0.15) is 0 Å². The molecule has 0 fully saturated rings. The highest BCUT2D eigenvalue weighted by Crippen LogP contribution is 2.27. The minimum Gasteiger partial charge on any atom is -0.465 e. The van der Waals surface area contributed by atoms with Crippen LogP contribution >= 0.6 is 11.6 Å². The first-order valence-corrected chi connectivity index (χ1v) is 10.2. The van der Waals surface area contributed by atoms with E-state index < -0.39 is 22.0 Å². The number of nitrogens with one attached hydrogen (secondary N) is 1. The van der Waals surface area contributed by atoms with E-state index in [2.05, 4.69) is 21.6 Å². The summed E-state index contributed by atoms with van der Waals surface area (Å²) >= 11 is 5.96. The Labute approximate surface area is 158 Å². The summed E-state index contributed by atoms with van der Waals surface area (Å²) in [6.45, 7) is 1.80. The zero-order chi connectivity index (χ0) is 18.9. The summed E-state index contributed by atoms with van der Waals surface area (Å²) in [5.74, 6) is -0.682. The Morgan fingerprint density at radius 2 is 1.88 bits per heavy atom. The molecule has 1 unspecified atom stereocenters. The molecule has 0 radical (unpaired) electrons. The summed E-state index contributed by atoms with van der Waals surface area (Å²) in [6, 6.07) is 9.67. The van der Waals surface area contributed by atoms with E-state index in [1.165, 1.54) is 36.4 Å². The molecule has 1 atom stereocenters. The molecular formula is C19H20ClNO4S. The lowest BCUT2D eigenvalue weighted by Crippen LogP contribution is -2.27. The van der Waals surface area contributed by atoms with Gasteiger partial charge in [-0.3, -0.25) is 0 Å². The lowest BCUT2D eigenvalue weighted by atomic mass is 10.0. The fourth-order valence-electron chi connectivity index (χ4n) is 3.17. The summed E-state index contributed by atoms with van der Waals surface area (Å²) in [5, 5.41) is 0.141. The Morgan fingerprint density at radius 3 is 2.62 bits per heavy atom. The Hall–Kier alpha value is -1.89. The lowest BCUT2D eigenvalue weighted by molar-refractivity contribution is 0.0600. The minimum atomic E-state index is -3.82. The van der Waals surface area contributed by atoms with E-state index in [0.29, 0.717) is 0 Å². The first-order valence-electron chi connectivity index (χ1n) is 8.33. The van der Waals surface area contributed by atoms with Gasteiger partial charge in [0.2, 0.25) is 10.0 Å². The SMILES string of the molecule is COC(=O)c1cc(S(=O)(=O)NC(C)c2ccc3c(c2)CCC3)ccc1Cl. The van der Waals surface area contributed by atoms with Crippen molar-refractivity contribution in [1.29, 1.82) is 0 Å². The number of hydrogen-bond acceptors (Lipinski definition) is 4. The van der Waals surface area contributed by atoms with Crippen LogP contribution in [0.4, 0.5) is 0 Å². The molecular weight excluding hydrogens is 374 g/mol. The maximum absolute atomic E-state index is 12.7. The van der Waals surface area contributed by atoms with Gasteiger partial charge in [0, 0.05) is 6.04 Å². The zero-order valence-corrected chi connectivity index (χ0v) is 16.2. The fourth-order valence-corrected chi connectivity index (χ4v) is 4.62. The number of benzene rings is 2. The number of carbonyl (C=O) groups is 1. The van der Waals surface area contributed by atoms with Crippen molar-refractivity contribution in [2.75, 3.05) is 7.11 Å². The van der Waals surface area contributed by atoms with Crippen molar-refractivity contribution in [3.8, 4) is 0 Å². The van der Waals surface area contributed by atoms with E-state index in [4.69, 9.17) is 11.6 Å². The van der Waals surface area contributed by atoms with Gasteiger partial charge in [-0.15, -0.1) is 0 Å². The molecule has 1 N–H and O–H groups in total. The highest BCUT2D eigenvalue weighted by atomic mass is 35.5. The number of sulfonamides is 1.